The molecule has 0 aromatic heterocycles. The van der Waals surface area contributed by atoms with Crippen LogP contribution in [-0.2, 0) is 11.3 Å². The van der Waals surface area contributed by atoms with E-state index in [0.29, 0.717) is 15.9 Å². The summed E-state index contributed by atoms with van der Waals surface area (Å²) in [4.78, 5) is 11.7. The fourth-order valence-electron chi connectivity index (χ4n) is 1.73. The monoisotopic (exact) mass is 353 g/mol. The van der Waals surface area contributed by atoms with Crippen molar-refractivity contribution in [2.45, 2.75) is 6.61 Å². The Labute approximate surface area is 129 Å². The van der Waals surface area contributed by atoms with Gasteiger partial charge in [0.05, 0.1) is 11.6 Å². The minimum absolute atomic E-state index is 0.187. The van der Waals surface area contributed by atoms with Crippen LogP contribution in [0, 0.1) is 5.82 Å². The molecule has 110 valence electrons. The summed E-state index contributed by atoms with van der Waals surface area (Å²) < 4.78 is 23.8. The van der Waals surface area contributed by atoms with Crippen LogP contribution < -0.4 is 10.5 Å². The van der Waals surface area contributed by atoms with Crippen LogP contribution in [0.1, 0.15) is 15.9 Å². The van der Waals surface area contributed by atoms with E-state index >= 15 is 0 Å². The molecule has 2 N–H and O–H groups in total. The molecular weight excluding hydrogens is 341 g/mol. The lowest BCUT2D eigenvalue weighted by Crippen LogP contribution is -2.07. The number of nitrogen functional groups attached to an aromatic ring is 1. The molecule has 21 heavy (non-hydrogen) atoms. The second-order valence-corrected chi connectivity index (χ2v) is 5.14. The second-order valence-electron chi connectivity index (χ2n) is 4.28. The molecule has 0 heterocycles. The van der Waals surface area contributed by atoms with Gasteiger partial charge in [0, 0.05) is 5.69 Å². The van der Waals surface area contributed by atoms with Crippen molar-refractivity contribution in [3.63, 3.8) is 0 Å². The van der Waals surface area contributed by atoms with Gasteiger partial charge in [0.15, 0.2) is 0 Å². The van der Waals surface area contributed by atoms with Gasteiger partial charge in [-0.25, -0.2) is 9.18 Å². The molecule has 0 saturated heterocycles. The van der Waals surface area contributed by atoms with Gasteiger partial charge in [-0.3, -0.25) is 0 Å². The molecule has 2 aromatic rings. The molecule has 0 saturated carbocycles. The molecule has 0 unspecified atom stereocenters. The molecule has 0 amide bonds. The van der Waals surface area contributed by atoms with Crippen LogP contribution in [0.4, 0.5) is 10.1 Å². The summed E-state index contributed by atoms with van der Waals surface area (Å²) in [6.45, 7) is 0.187. The highest BCUT2D eigenvalue weighted by molar-refractivity contribution is 9.10. The number of benzene rings is 2. The Balaban J connectivity index is 2.19. The number of nitrogens with two attached hydrogens (primary N) is 1. The SMILES string of the molecule is COC(=O)c1cc(N)ccc1OCc1ccc(F)c(Br)c1. The molecule has 4 nitrogen and oxygen atoms in total. The molecule has 0 aliphatic heterocycles. The number of anilines is 1. The van der Waals surface area contributed by atoms with Crippen LogP contribution in [0.3, 0.4) is 0 Å². The van der Waals surface area contributed by atoms with Crippen molar-refractivity contribution in [3.8, 4) is 5.75 Å². The topological polar surface area (TPSA) is 61.5 Å². The highest BCUT2D eigenvalue weighted by Crippen LogP contribution is 2.24. The minimum Gasteiger partial charge on any atom is -0.488 e. The maximum atomic E-state index is 13.2. The lowest BCUT2D eigenvalue weighted by Gasteiger charge is -2.11. The lowest BCUT2D eigenvalue weighted by atomic mass is 10.1. The van der Waals surface area contributed by atoms with E-state index in [9.17, 15) is 9.18 Å². The molecular formula is C15H13BrFNO3. The minimum atomic E-state index is -0.530. The molecule has 0 fully saturated rings. The number of carbonyl (C=O) groups is 1. The number of hydrogen-bond acceptors (Lipinski definition) is 4. The van der Waals surface area contributed by atoms with Crippen molar-refractivity contribution >= 4 is 27.6 Å². The van der Waals surface area contributed by atoms with E-state index in [1.54, 1.807) is 24.3 Å². The van der Waals surface area contributed by atoms with Gasteiger partial charge >= 0.3 is 5.97 Å². The largest absolute Gasteiger partial charge is 0.488 e. The second kappa shape index (κ2) is 6.58. The zero-order chi connectivity index (χ0) is 15.4. The van der Waals surface area contributed by atoms with Crippen LogP contribution in [0.5, 0.6) is 5.75 Å². The van der Waals surface area contributed by atoms with E-state index in [0.717, 1.165) is 5.56 Å². The van der Waals surface area contributed by atoms with Crippen LogP contribution >= 0.6 is 15.9 Å². The molecule has 0 spiro atoms. The first-order chi connectivity index (χ1) is 10.0. The normalized spacial score (nSPS) is 10.2. The third-order valence-corrected chi connectivity index (χ3v) is 3.39. The lowest BCUT2D eigenvalue weighted by molar-refractivity contribution is 0.0595. The number of hydrogen-bond donors (Lipinski definition) is 1. The summed E-state index contributed by atoms with van der Waals surface area (Å²) in [6.07, 6.45) is 0. The van der Waals surface area contributed by atoms with E-state index in [-0.39, 0.29) is 18.0 Å². The zero-order valence-corrected chi connectivity index (χ0v) is 12.8. The summed E-state index contributed by atoms with van der Waals surface area (Å²) >= 11 is 3.11. The van der Waals surface area contributed by atoms with Crippen molar-refractivity contribution in [2.24, 2.45) is 0 Å². The van der Waals surface area contributed by atoms with E-state index in [2.05, 4.69) is 20.7 Å². The fourth-order valence-corrected chi connectivity index (χ4v) is 2.16. The van der Waals surface area contributed by atoms with Crippen molar-refractivity contribution in [1.82, 2.24) is 0 Å². The van der Waals surface area contributed by atoms with Crippen LogP contribution in [0.2, 0.25) is 0 Å². The Morgan fingerprint density at radius 1 is 1.29 bits per heavy atom. The summed E-state index contributed by atoms with van der Waals surface area (Å²) in [6, 6.07) is 9.27. The maximum Gasteiger partial charge on any atom is 0.341 e. The highest BCUT2D eigenvalue weighted by Gasteiger charge is 2.14. The highest BCUT2D eigenvalue weighted by atomic mass is 79.9. The quantitative estimate of drug-likeness (QED) is 0.674. The molecule has 2 aromatic carbocycles. The zero-order valence-electron chi connectivity index (χ0n) is 11.2. The molecule has 0 aliphatic carbocycles. The Hall–Kier alpha value is -2.08. The van der Waals surface area contributed by atoms with Gasteiger partial charge in [-0.2, -0.15) is 0 Å². The first-order valence-electron chi connectivity index (χ1n) is 6.06. The van der Waals surface area contributed by atoms with E-state index in [1.807, 2.05) is 0 Å². The van der Waals surface area contributed by atoms with Crippen molar-refractivity contribution < 1.29 is 18.7 Å². The molecule has 0 bridgehead atoms. The predicted molar refractivity (Wildman–Crippen MR) is 80.6 cm³/mol. The van der Waals surface area contributed by atoms with Crippen LogP contribution in [0.25, 0.3) is 0 Å². The third kappa shape index (κ3) is 3.72. The number of rotatable bonds is 4. The van der Waals surface area contributed by atoms with E-state index < -0.39 is 5.97 Å². The van der Waals surface area contributed by atoms with Crippen molar-refractivity contribution in [3.05, 3.63) is 57.8 Å². The van der Waals surface area contributed by atoms with E-state index in [1.165, 1.54) is 19.2 Å². The molecule has 0 aliphatic rings. The first-order valence-corrected chi connectivity index (χ1v) is 6.85. The van der Waals surface area contributed by atoms with Crippen LogP contribution in [-0.4, -0.2) is 13.1 Å². The molecule has 6 heteroatoms. The Morgan fingerprint density at radius 3 is 2.71 bits per heavy atom. The Kier molecular flexibility index (Phi) is 4.80. The number of carbonyl (C=O) groups excluding carboxylic acids is 1. The number of halogens is 2. The number of methoxy groups -OCH3 is 1. The fraction of sp³-hybridized carbons (Fsp3) is 0.133. The number of ether oxygens (including phenoxy) is 2. The van der Waals surface area contributed by atoms with Crippen molar-refractivity contribution in [1.29, 1.82) is 0 Å². The Bertz CT molecular complexity index is 676. The summed E-state index contributed by atoms with van der Waals surface area (Å²) in [5.41, 5.74) is 7.10. The third-order valence-electron chi connectivity index (χ3n) is 2.79. The molecule has 0 atom stereocenters. The van der Waals surface area contributed by atoms with Gasteiger partial charge < -0.3 is 15.2 Å². The van der Waals surface area contributed by atoms with Crippen molar-refractivity contribution in [2.75, 3.05) is 12.8 Å². The molecule has 2 rings (SSSR count). The van der Waals surface area contributed by atoms with E-state index in [4.69, 9.17) is 10.5 Å². The average molecular weight is 354 g/mol. The molecule has 0 radical (unpaired) electrons. The summed E-state index contributed by atoms with van der Waals surface area (Å²) in [5, 5.41) is 0. The van der Waals surface area contributed by atoms with Crippen LogP contribution in [0.15, 0.2) is 40.9 Å². The first kappa shape index (κ1) is 15.3. The summed E-state index contributed by atoms with van der Waals surface area (Å²) in [7, 11) is 1.28. The predicted octanol–water partition coefficient (Wildman–Crippen LogP) is 3.54. The van der Waals surface area contributed by atoms with Gasteiger partial charge in [0.1, 0.15) is 23.7 Å². The average Bonchev–Trinajstić information content (AvgIpc) is 2.48. The number of esters is 1. The Morgan fingerprint density at radius 2 is 2.05 bits per heavy atom. The smallest absolute Gasteiger partial charge is 0.341 e. The van der Waals surface area contributed by atoms with Gasteiger partial charge in [-0.15, -0.1) is 0 Å². The standard InChI is InChI=1S/C15H13BrFNO3/c1-20-15(19)11-7-10(18)3-5-14(11)21-8-9-2-4-13(17)12(16)6-9/h2-7H,8,18H2,1H3. The van der Waals surface area contributed by atoms with Gasteiger partial charge in [0.2, 0.25) is 0 Å². The maximum absolute atomic E-state index is 13.2. The van der Waals surface area contributed by atoms with Gasteiger partial charge in [-0.1, -0.05) is 6.07 Å². The summed E-state index contributed by atoms with van der Waals surface area (Å²) in [5.74, 6) is -0.518. The van der Waals surface area contributed by atoms with Gasteiger partial charge in [-0.05, 0) is 51.8 Å². The van der Waals surface area contributed by atoms with Gasteiger partial charge in [0.25, 0.3) is 0 Å².